The number of thiazole rings is 1. The zero-order valence-electron chi connectivity index (χ0n) is 14.8. The summed E-state index contributed by atoms with van der Waals surface area (Å²) >= 11 is 7.63. The van der Waals surface area contributed by atoms with Crippen LogP contribution in [0.3, 0.4) is 0 Å². The van der Waals surface area contributed by atoms with Gasteiger partial charge in [0.2, 0.25) is 0 Å². The zero-order valence-corrected chi connectivity index (χ0v) is 16.4. The average molecular weight is 379 g/mol. The molecular formula is C19H23ClN2O2S. The molecule has 0 unspecified atom stereocenters. The molecule has 2 atom stereocenters. The van der Waals surface area contributed by atoms with Crippen molar-refractivity contribution in [3.8, 4) is 5.75 Å². The molecule has 0 radical (unpaired) electrons. The molecule has 3 rings (SSSR count). The van der Waals surface area contributed by atoms with Gasteiger partial charge in [0.05, 0.1) is 6.04 Å². The molecule has 1 fully saturated rings. The van der Waals surface area contributed by atoms with Crippen molar-refractivity contribution in [2.75, 3.05) is 6.54 Å². The van der Waals surface area contributed by atoms with E-state index in [-0.39, 0.29) is 11.9 Å². The molecule has 6 heteroatoms. The molecule has 0 N–H and O–H groups in total. The SMILES string of the molecule is Cc1csc([C@H]2CCCCN2C(=O)[C@H](C)Oc2ccc(Cl)cc2C)n1. The van der Waals surface area contributed by atoms with E-state index >= 15 is 0 Å². The van der Waals surface area contributed by atoms with Crippen molar-refractivity contribution in [1.82, 2.24) is 9.88 Å². The molecule has 0 spiro atoms. The van der Waals surface area contributed by atoms with Gasteiger partial charge in [0, 0.05) is 22.6 Å². The number of aromatic nitrogens is 1. The first-order valence-electron chi connectivity index (χ1n) is 8.61. The number of amides is 1. The number of aryl methyl sites for hydroxylation is 2. The van der Waals surface area contributed by atoms with E-state index in [1.54, 1.807) is 17.4 Å². The van der Waals surface area contributed by atoms with Crippen LogP contribution in [0.2, 0.25) is 5.02 Å². The van der Waals surface area contributed by atoms with E-state index in [1.807, 2.05) is 43.2 Å². The van der Waals surface area contributed by atoms with E-state index < -0.39 is 6.10 Å². The first kappa shape index (κ1) is 18.2. The predicted molar refractivity (Wildman–Crippen MR) is 101 cm³/mol. The maximum atomic E-state index is 13.0. The number of carbonyl (C=O) groups is 1. The number of benzene rings is 1. The molecule has 1 aliphatic heterocycles. The molecular weight excluding hydrogens is 356 g/mol. The van der Waals surface area contributed by atoms with Gasteiger partial charge >= 0.3 is 0 Å². The Kier molecular flexibility index (Phi) is 5.64. The minimum atomic E-state index is -0.540. The van der Waals surface area contributed by atoms with E-state index in [4.69, 9.17) is 16.3 Å². The Bertz CT molecular complexity index is 762. The van der Waals surface area contributed by atoms with Gasteiger partial charge in [-0.15, -0.1) is 11.3 Å². The first-order chi connectivity index (χ1) is 12.0. The monoisotopic (exact) mass is 378 g/mol. The van der Waals surface area contributed by atoms with Gasteiger partial charge in [0.1, 0.15) is 10.8 Å². The molecule has 0 aliphatic carbocycles. The summed E-state index contributed by atoms with van der Waals surface area (Å²) in [4.78, 5) is 19.6. The van der Waals surface area contributed by atoms with Gasteiger partial charge in [-0.05, 0) is 63.8 Å². The lowest BCUT2D eigenvalue weighted by molar-refractivity contribution is -0.142. The fraction of sp³-hybridized carbons (Fsp3) is 0.474. The zero-order chi connectivity index (χ0) is 18.0. The topological polar surface area (TPSA) is 42.4 Å². The summed E-state index contributed by atoms with van der Waals surface area (Å²) in [6.07, 6.45) is 2.57. The van der Waals surface area contributed by atoms with Gasteiger partial charge in [-0.3, -0.25) is 4.79 Å². The number of piperidine rings is 1. The highest BCUT2D eigenvalue weighted by Crippen LogP contribution is 2.33. The third kappa shape index (κ3) is 4.15. The highest BCUT2D eigenvalue weighted by atomic mass is 35.5. The van der Waals surface area contributed by atoms with E-state index in [1.165, 1.54) is 0 Å². The van der Waals surface area contributed by atoms with Crippen molar-refractivity contribution in [3.05, 3.63) is 44.9 Å². The summed E-state index contributed by atoms with van der Waals surface area (Å²) < 4.78 is 5.94. The molecule has 1 aliphatic rings. The third-order valence-electron chi connectivity index (χ3n) is 4.50. The fourth-order valence-corrected chi connectivity index (χ4v) is 4.37. The van der Waals surface area contributed by atoms with E-state index in [0.29, 0.717) is 10.8 Å². The van der Waals surface area contributed by atoms with Crippen LogP contribution >= 0.6 is 22.9 Å². The van der Waals surface area contributed by atoms with Gasteiger partial charge in [0.15, 0.2) is 6.10 Å². The maximum absolute atomic E-state index is 13.0. The summed E-state index contributed by atoms with van der Waals surface area (Å²) in [6, 6.07) is 5.51. The number of likely N-dealkylation sites (tertiary alicyclic amines) is 1. The minimum Gasteiger partial charge on any atom is -0.481 e. The lowest BCUT2D eigenvalue weighted by atomic mass is 10.0. The van der Waals surface area contributed by atoms with E-state index in [9.17, 15) is 4.79 Å². The highest BCUT2D eigenvalue weighted by Gasteiger charge is 2.33. The van der Waals surface area contributed by atoms with Gasteiger partial charge in [0.25, 0.3) is 5.91 Å². The normalized spacial score (nSPS) is 18.9. The van der Waals surface area contributed by atoms with Crippen LogP contribution in [0.5, 0.6) is 5.75 Å². The molecule has 1 amide bonds. The predicted octanol–water partition coefficient (Wildman–Crippen LogP) is 4.93. The number of rotatable bonds is 4. The summed E-state index contributed by atoms with van der Waals surface area (Å²) in [5, 5.41) is 3.74. The molecule has 1 aromatic heterocycles. The molecule has 2 heterocycles. The van der Waals surface area contributed by atoms with Crippen LogP contribution in [0, 0.1) is 13.8 Å². The van der Waals surface area contributed by atoms with Crippen LogP contribution in [0.4, 0.5) is 0 Å². The summed E-state index contributed by atoms with van der Waals surface area (Å²) in [5.74, 6) is 0.718. The second-order valence-corrected chi connectivity index (χ2v) is 7.87. The lowest BCUT2D eigenvalue weighted by Crippen LogP contribution is -2.45. The second kappa shape index (κ2) is 7.75. The summed E-state index contributed by atoms with van der Waals surface area (Å²) in [7, 11) is 0. The Morgan fingerprint density at radius 1 is 1.40 bits per heavy atom. The first-order valence-corrected chi connectivity index (χ1v) is 9.87. The summed E-state index contributed by atoms with van der Waals surface area (Å²) in [6.45, 7) is 6.50. The minimum absolute atomic E-state index is 0.0203. The highest BCUT2D eigenvalue weighted by molar-refractivity contribution is 7.09. The van der Waals surface area contributed by atoms with Crippen molar-refractivity contribution in [2.45, 2.75) is 52.2 Å². The quantitative estimate of drug-likeness (QED) is 0.757. The maximum Gasteiger partial charge on any atom is 0.263 e. The number of carbonyl (C=O) groups excluding carboxylic acids is 1. The second-order valence-electron chi connectivity index (χ2n) is 6.54. The molecule has 0 bridgehead atoms. The molecule has 2 aromatic rings. The van der Waals surface area contributed by atoms with Crippen molar-refractivity contribution in [3.63, 3.8) is 0 Å². The van der Waals surface area contributed by atoms with Crippen molar-refractivity contribution in [1.29, 1.82) is 0 Å². The Hall–Kier alpha value is -1.59. The summed E-state index contributed by atoms with van der Waals surface area (Å²) in [5.41, 5.74) is 1.94. The molecule has 1 saturated heterocycles. The fourth-order valence-electron chi connectivity index (χ4n) is 3.20. The van der Waals surface area contributed by atoms with Gasteiger partial charge in [-0.2, -0.15) is 0 Å². The van der Waals surface area contributed by atoms with E-state index in [0.717, 1.165) is 42.1 Å². The van der Waals surface area contributed by atoms with Gasteiger partial charge in [-0.25, -0.2) is 4.98 Å². The van der Waals surface area contributed by atoms with Crippen molar-refractivity contribution in [2.24, 2.45) is 0 Å². The molecule has 25 heavy (non-hydrogen) atoms. The van der Waals surface area contributed by atoms with Crippen LogP contribution in [-0.4, -0.2) is 28.4 Å². The third-order valence-corrected chi connectivity index (χ3v) is 5.80. The Morgan fingerprint density at radius 2 is 2.20 bits per heavy atom. The van der Waals surface area contributed by atoms with Crippen molar-refractivity contribution < 1.29 is 9.53 Å². The molecule has 4 nitrogen and oxygen atoms in total. The Balaban J connectivity index is 1.75. The van der Waals surface area contributed by atoms with Crippen LogP contribution in [-0.2, 0) is 4.79 Å². The number of hydrogen-bond donors (Lipinski definition) is 0. The number of nitrogens with zero attached hydrogens (tertiary/aromatic N) is 2. The van der Waals surface area contributed by atoms with Crippen LogP contribution in [0.25, 0.3) is 0 Å². The lowest BCUT2D eigenvalue weighted by Gasteiger charge is -2.36. The number of ether oxygens (including phenoxy) is 1. The molecule has 0 saturated carbocycles. The largest absolute Gasteiger partial charge is 0.481 e. The molecule has 1 aromatic carbocycles. The van der Waals surface area contributed by atoms with Gasteiger partial charge in [-0.1, -0.05) is 11.6 Å². The van der Waals surface area contributed by atoms with Crippen LogP contribution < -0.4 is 4.74 Å². The van der Waals surface area contributed by atoms with E-state index in [2.05, 4.69) is 4.98 Å². The number of halogens is 1. The Labute approximate surface area is 157 Å². The smallest absolute Gasteiger partial charge is 0.263 e. The van der Waals surface area contributed by atoms with Crippen LogP contribution in [0.15, 0.2) is 23.6 Å². The molecule has 134 valence electrons. The standard InChI is InChI=1S/C19H23ClN2O2S/c1-12-10-15(20)7-8-17(12)24-14(3)19(23)22-9-5-4-6-16(22)18-21-13(2)11-25-18/h7-8,10-11,14,16H,4-6,9H2,1-3H3/t14-,16+/m0/s1. The number of hydrogen-bond acceptors (Lipinski definition) is 4. The Morgan fingerprint density at radius 3 is 2.88 bits per heavy atom. The van der Waals surface area contributed by atoms with Crippen molar-refractivity contribution >= 4 is 28.8 Å². The average Bonchev–Trinajstić information content (AvgIpc) is 3.03. The van der Waals surface area contributed by atoms with Gasteiger partial charge < -0.3 is 9.64 Å². The van der Waals surface area contributed by atoms with Crippen LogP contribution in [0.1, 0.15) is 48.5 Å².